The first kappa shape index (κ1) is 17.9. The van der Waals surface area contributed by atoms with Gasteiger partial charge in [-0.15, -0.1) is 0 Å². The molecule has 1 aromatic heterocycles. The van der Waals surface area contributed by atoms with Crippen LogP contribution in [0, 0.1) is 9.39 Å². The van der Waals surface area contributed by atoms with Gasteiger partial charge in [-0.25, -0.2) is 9.18 Å². The summed E-state index contributed by atoms with van der Waals surface area (Å²) in [5, 5.41) is 9.78. The fourth-order valence-electron chi connectivity index (χ4n) is 2.41. The van der Waals surface area contributed by atoms with E-state index in [1.165, 1.54) is 18.3 Å². The Labute approximate surface area is 146 Å². The highest BCUT2D eigenvalue weighted by Crippen LogP contribution is 2.23. The molecule has 1 aromatic carbocycles. The van der Waals surface area contributed by atoms with Crippen LogP contribution in [-0.2, 0) is 4.74 Å². The van der Waals surface area contributed by atoms with Crippen molar-refractivity contribution in [1.29, 1.82) is 0 Å². The zero-order valence-electron chi connectivity index (χ0n) is 12.8. The Bertz CT molecular complexity index is 799. The highest BCUT2D eigenvalue weighted by Gasteiger charge is 2.20. The minimum Gasteiger partial charge on any atom is -0.462 e. The van der Waals surface area contributed by atoms with Gasteiger partial charge in [-0.1, -0.05) is 6.92 Å². The summed E-state index contributed by atoms with van der Waals surface area (Å²) in [5.74, 6) is -1.18. The third kappa shape index (κ3) is 3.40. The Kier molecular flexibility index (Phi) is 5.74. The number of fused-ring (bicyclic) bond motifs is 1. The quantitative estimate of drug-likeness (QED) is 0.582. The highest BCUT2D eigenvalue weighted by atomic mass is 127. The van der Waals surface area contributed by atoms with Crippen molar-refractivity contribution in [2.75, 3.05) is 13.2 Å². The van der Waals surface area contributed by atoms with E-state index < -0.39 is 17.2 Å². The number of nitrogens with zero attached hydrogens (tertiary/aromatic N) is 1. The average molecular weight is 433 g/mol. The third-order valence-electron chi connectivity index (χ3n) is 3.64. The summed E-state index contributed by atoms with van der Waals surface area (Å²) in [6, 6.07) is 2.30. The van der Waals surface area contributed by atoms with Gasteiger partial charge in [0.05, 0.1) is 24.8 Å². The predicted octanol–water partition coefficient (Wildman–Crippen LogP) is 2.87. The van der Waals surface area contributed by atoms with E-state index in [-0.39, 0.29) is 33.8 Å². The van der Waals surface area contributed by atoms with Crippen LogP contribution >= 0.6 is 22.6 Å². The first-order valence-corrected chi connectivity index (χ1v) is 8.34. The number of aliphatic hydroxyl groups is 1. The molecule has 0 aliphatic heterocycles. The number of carbonyl (C=O) groups excluding carboxylic acids is 1. The lowest BCUT2D eigenvalue weighted by molar-refractivity contribution is 0.0523. The third-order valence-corrected chi connectivity index (χ3v) is 4.47. The van der Waals surface area contributed by atoms with Crippen LogP contribution in [0.2, 0.25) is 0 Å². The number of hydrogen-bond acceptors (Lipinski definition) is 4. The molecule has 2 rings (SSSR count). The Morgan fingerprint density at radius 3 is 2.70 bits per heavy atom. The van der Waals surface area contributed by atoms with E-state index in [4.69, 9.17) is 4.74 Å². The van der Waals surface area contributed by atoms with Crippen LogP contribution in [0.3, 0.4) is 0 Å². The van der Waals surface area contributed by atoms with Crippen LogP contribution in [0.4, 0.5) is 4.39 Å². The van der Waals surface area contributed by atoms with Gasteiger partial charge in [0, 0.05) is 15.2 Å². The lowest BCUT2D eigenvalue weighted by Crippen LogP contribution is -2.24. The standard InChI is InChI=1S/C16H17FINO4/c1-3-9(8-20)19-7-11(16(22)23-4-2)15(21)10-5-13(18)12(17)6-14(10)19/h5-7,9,20H,3-4,8H2,1-2H3. The number of benzene rings is 1. The number of ether oxygens (including phenoxy) is 1. The summed E-state index contributed by atoms with van der Waals surface area (Å²) < 4.78 is 20.7. The van der Waals surface area contributed by atoms with Crippen molar-refractivity contribution < 1.29 is 19.0 Å². The smallest absolute Gasteiger partial charge is 0.343 e. The van der Waals surface area contributed by atoms with Crippen LogP contribution in [0.1, 0.15) is 36.7 Å². The number of aliphatic hydroxyl groups excluding tert-OH is 1. The Hall–Kier alpha value is -1.48. The van der Waals surface area contributed by atoms with Gasteiger partial charge < -0.3 is 14.4 Å². The van der Waals surface area contributed by atoms with Gasteiger partial charge in [0.1, 0.15) is 11.4 Å². The Balaban J connectivity index is 2.85. The van der Waals surface area contributed by atoms with Crippen LogP contribution in [-0.4, -0.2) is 28.9 Å². The molecule has 0 aliphatic rings. The van der Waals surface area contributed by atoms with E-state index in [0.717, 1.165) is 0 Å². The molecule has 1 atom stereocenters. The maximum atomic E-state index is 13.9. The molecule has 1 N–H and O–H groups in total. The minimum absolute atomic E-state index is 0.117. The SMILES string of the molecule is CCOC(=O)c1cn(C(CC)CO)c2cc(F)c(I)cc2c1=O. The second-order valence-corrected chi connectivity index (χ2v) is 6.19. The molecule has 0 fully saturated rings. The maximum absolute atomic E-state index is 13.9. The van der Waals surface area contributed by atoms with E-state index in [1.807, 2.05) is 6.92 Å². The summed E-state index contributed by atoms with van der Waals surface area (Å²) in [4.78, 5) is 24.6. The summed E-state index contributed by atoms with van der Waals surface area (Å²) in [5.41, 5.74) is -0.268. The lowest BCUT2D eigenvalue weighted by atomic mass is 10.1. The van der Waals surface area contributed by atoms with Crippen molar-refractivity contribution >= 4 is 39.5 Å². The van der Waals surface area contributed by atoms with Gasteiger partial charge in [-0.2, -0.15) is 0 Å². The predicted molar refractivity (Wildman–Crippen MR) is 93.3 cm³/mol. The number of esters is 1. The monoisotopic (exact) mass is 433 g/mol. The molecule has 2 aromatic rings. The second kappa shape index (κ2) is 7.39. The molecule has 23 heavy (non-hydrogen) atoms. The highest BCUT2D eigenvalue weighted by molar-refractivity contribution is 14.1. The molecule has 5 nitrogen and oxygen atoms in total. The Morgan fingerprint density at radius 2 is 2.13 bits per heavy atom. The molecular weight excluding hydrogens is 416 g/mol. The largest absolute Gasteiger partial charge is 0.462 e. The normalized spacial score (nSPS) is 12.4. The summed E-state index contributed by atoms with van der Waals surface area (Å²) in [6.07, 6.45) is 1.91. The molecule has 0 amide bonds. The molecule has 1 unspecified atom stereocenters. The molecule has 0 bridgehead atoms. The molecule has 0 aliphatic carbocycles. The molecule has 1 heterocycles. The van der Waals surface area contributed by atoms with Gasteiger partial charge >= 0.3 is 5.97 Å². The van der Waals surface area contributed by atoms with Gasteiger partial charge in [0.15, 0.2) is 0 Å². The molecular formula is C16H17FINO4. The van der Waals surface area contributed by atoms with Gasteiger partial charge in [-0.3, -0.25) is 4.79 Å². The van der Waals surface area contributed by atoms with Crippen molar-refractivity contribution in [3.63, 3.8) is 0 Å². The first-order chi connectivity index (χ1) is 10.9. The number of halogens is 2. The second-order valence-electron chi connectivity index (χ2n) is 5.03. The number of rotatable bonds is 5. The minimum atomic E-state index is -0.722. The summed E-state index contributed by atoms with van der Waals surface area (Å²) in [6.45, 7) is 3.47. The number of pyridine rings is 1. The van der Waals surface area contributed by atoms with E-state index in [0.29, 0.717) is 11.9 Å². The van der Waals surface area contributed by atoms with Crippen LogP contribution < -0.4 is 5.43 Å². The summed E-state index contributed by atoms with van der Waals surface area (Å²) >= 11 is 1.79. The van der Waals surface area contributed by atoms with E-state index >= 15 is 0 Å². The molecule has 7 heteroatoms. The van der Waals surface area contributed by atoms with Crippen LogP contribution in [0.15, 0.2) is 23.1 Å². The summed E-state index contributed by atoms with van der Waals surface area (Å²) in [7, 11) is 0. The van der Waals surface area contributed by atoms with Crippen molar-refractivity contribution in [2.24, 2.45) is 0 Å². The van der Waals surface area contributed by atoms with Crippen molar-refractivity contribution in [2.45, 2.75) is 26.3 Å². The van der Waals surface area contributed by atoms with E-state index in [2.05, 4.69) is 0 Å². The average Bonchev–Trinajstić information content (AvgIpc) is 2.52. The van der Waals surface area contributed by atoms with Crippen molar-refractivity contribution in [3.8, 4) is 0 Å². The molecule has 0 radical (unpaired) electrons. The van der Waals surface area contributed by atoms with E-state index in [1.54, 1.807) is 34.1 Å². The maximum Gasteiger partial charge on any atom is 0.343 e. The van der Waals surface area contributed by atoms with Crippen molar-refractivity contribution in [3.05, 3.63) is 43.5 Å². The molecule has 0 saturated heterocycles. The van der Waals surface area contributed by atoms with Crippen molar-refractivity contribution in [1.82, 2.24) is 4.57 Å². The Morgan fingerprint density at radius 1 is 1.43 bits per heavy atom. The first-order valence-electron chi connectivity index (χ1n) is 7.26. The van der Waals surface area contributed by atoms with Crippen LogP contribution in [0.5, 0.6) is 0 Å². The topological polar surface area (TPSA) is 68.5 Å². The fourth-order valence-corrected chi connectivity index (χ4v) is 2.88. The fraction of sp³-hybridized carbons (Fsp3) is 0.375. The van der Waals surface area contributed by atoms with Gasteiger partial charge in [0.25, 0.3) is 0 Å². The van der Waals surface area contributed by atoms with Crippen LogP contribution in [0.25, 0.3) is 10.9 Å². The molecule has 124 valence electrons. The lowest BCUT2D eigenvalue weighted by Gasteiger charge is -2.20. The number of aromatic nitrogens is 1. The number of carbonyl (C=O) groups is 1. The zero-order valence-corrected chi connectivity index (χ0v) is 15.0. The van der Waals surface area contributed by atoms with Gasteiger partial charge in [-0.05, 0) is 48.1 Å². The van der Waals surface area contributed by atoms with Gasteiger partial charge in [0.2, 0.25) is 5.43 Å². The molecule has 0 spiro atoms. The van der Waals surface area contributed by atoms with E-state index in [9.17, 15) is 19.1 Å². The number of hydrogen-bond donors (Lipinski definition) is 1. The molecule has 0 saturated carbocycles. The zero-order chi connectivity index (χ0) is 17.1.